The first-order chi connectivity index (χ1) is 13.7. The molecule has 4 rings (SSSR count). The molecule has 0 aliphatic carbocycles. The molecule has 28 heavy (non-hydrogen) atoms. The van der Waals surface area contributed by atoms with Crippen molar-refractivity contribution in [3.63, 3.8) is 0 Å². The molecule has 1 aromatic carbocycles. The third-order valence-electron chi connectivity index (χ3n) is 4.73. The van der Waals surface area contributed by atoms with Crippen LogP contribution in [-0.2, 0) is 11.3 Å². The Labute approximate surface area is 168 Å². The van der Waals surface area contributed by atoms with E-state index >= 15 is 0 Å². The van der Waals surface area contributed by atoms with Crippen LogP contribution in [0.2, 0.25) is 0 Å². The van der Waals surface area contributed by atoms with Crippen LogP contribution in [0.1, 0.15) is 24.2 Å². The van der Waals surface area contributed by atoms with E-state index in [-0.39, 0.29) is 11.7 Å². The van der Waals surface area contributed by atoms with Gasteiger partial charge in [0.15, 0.2) is 5.16 Å². The molecule has 0 spiro atoms. The van der Waals surface area contributed by atoms with E-state index in [1.807, 2.05) is 47.9 Å². The van der Waals surface area contributed by atoms with Crippen LogP contribution >= 0.6 is 11.8 Å². The van der Waals surface area contributed by atoms with Gasteiger partial charge in [-0.05, 0) is 43.5 Å². The van der Waals surface area contributed by atoms with E-state index in [0.717, 1.165) is 54.0 Å². The Morgan fingerprint density at radius 2 is 2.00 bits per heavy atom. The first kappa shape index (κ1) is 18.6. The van der Waals surface area contributed by atoms with Gasteiger partial charge in [-0.3, -0.25) is 9.36 Å². The van der Waals surface area contributed by atoms with Gasteiger partial charge in [-0.15, -0.1) is 10.2 Å². The number of aromatic nitrogens is 3. The Kier molecular flexibility index (Phi) is 5.66. The van der Waals surface area contributed by atoms with Crippen molar-refractivity contribution in [2.24, 2.45) is 0 Å². The van der Waals surface area contributed by atoms with E-state index in [1.54, 1.807) is 6.26 Å². The topological polar surface area (TPSA) is 76.2 Å². The maximum atomic E-state index is 12.4. The van der Waals surface area contributed by atoms with Crippen LogP contribution in [0.4, 0.5) is 11.6 Å². The molecule has 146 valence electrons. The normalized spacial score (nSPS) is 13.8. The van der Waals surface area contributed by atoms with Crippen molar-refractivity contribution in [3.05, 3.63) is 54.0 Å². The van der Waals surface area contributed by atoms with Gasteiger partial charge < -0.3 is 14.6 Å². The van der Waals surface area contributed by atoms with E-state index in [0.29, 0.717) is 6.54 Å². The predicted octanol–water partition coefficient (Wildman–Crippen LogP) is 3.56. The number of thioether (sulfide) groups is 1. The number of benzene rings is 1. The third kappa shape index (κ3) is 4.22. The number of hydrogen-bond acceptors (Lipinski definition) is 6. The van der Waals surface area contributed by atoms with Gasteiger partial charge in [-0.2, -0.15) is 0 Å². The summed E-state index contributed by atoms with van der Waals surface area (Å²) in [7, 11) is 0. The fourth-order valence-corrected chi connectivity index (χ4v) is 4.00. The summed E-state index contributed by atoms with van der Waals surface area (Å²) in [5.41, 5.74) is 1.88. The summed E-state index contributed by atoms with van der Waals surface area (Å²) in [5, 5.41) is 12.4. The summed E-state index contributed by atoms with van der Waals surface area (Å²) in [6.45, 7) is 4.49. The van der Waals surface area contributed by atoms with E-state index in [1.165, 1.54) is 11.8 Å². The molecule has 1 saturated heterocycles. The van der Waals surface area contributed by atoms with E-state index in [4.69, 9.17) is 4.42 Å². The minimum Gasteiger partial charge on any atom is -0.467 e. The number of carbonyl (C=O) groups excluding carboxylic acids is 1. The van der Waals surface area contributed by atoms with Gasteiger partial charge in [0.05, 0.1) is 18.6 Å². The number of aryl methyl sites for hydroxylation is 1. The molecule has 1 N–H and O–H groups in total. The second-order valence-electron chi connectivity index (χ2n) is 6.79. The zero-order chi connectivity index (χ0) is 19.3. The minimum atomic E-state index is -0.0606. The summed E-state index contributed by atoms with van der Waals surface area (Å²) >= 11 is 1.39. The quantitative estimate of drug-likeness (QED) is 0.615. The Morgan fingerprint density at radius 3 is 2.75 bits per heavy atom. The molecule has 1 fully saturated rings. The van der Waals surface area contributed by atoms with Crippen LogP contribution < -0.4 is 10.2 Å². The molecule has 7 nitrogen and oxygen atoms in total. The summed E-state index contributed by atoms with van der Waals surface area (Å²) < 4.78 is 7.55. The number of para-hydroxylation sites is 1. The summed E-state index contributed by atoms with van der Waals surface area (Å²) in [6, 6.07) is 11.6. The van der Waals surface area contributed by atoms with Gasteiger partial charge in [0, 0.05) is 18.8 Å². The number of amides is 1. The zero-order valence-corrected chi connectivity index (χ0v) is 16.6. The highest BCUT2D eigenvalue weighted by Crippen LogP contribution is 2.26. The van der Waals surface area contributed by atoms with E-state index < -0.39 is 0 Å². The van der Waals surface area contributed by atoms with Crippen molar-refractivity contribution in [2.75, 3.05) is 29.1 Å². The molecule has 0 saturated carbocycles. The largest absolute Gasteiger partial charge is 0.467 e. The van der Waals surface area contributed by atoms with Crippen molar-refractivity contribution in [2.45, 2.75) is 31.5 Å². The zero-order valence-electron chi connectivity index (χ0n) is 15.8. The highest BCUT2D eigenvalue weighted by atomic mass is 32.2. The standard InChI is InChI=1S/C20H23N5O2S/c1-15-7-2-3-9-17(15)21-18(26)14-28-20-23-22-19(24-10-4-5-11-24)25(20)13-16-8-6-12-27-16/h2-3,6-9,12H,4-5,10-11,13-14H2,1H3,(H,21,26). The van der Waals surface area contributed by atoms with Crippen LogP contribution in [-0.4, -0.2) is 39.5 Å². The molecule has 0 unspecified atom stereocenters. The number of hydrogen-bond donors (Lipinski definition) is 1. The van der Waals surface area contributed by atoms with Crippen LogP contribution in [0.15, 0.2) is 52.2 Å². The van der Waals surface area contributed by atoms with Gasteiger partial charge in [-0.25, -0.2) is 0 Å². The van der Waals surface area contributed by atoms with Gasteiger partial charge in [0.1, 0.15) is 5.76 Å². The lowest BCUT2D eigenvalue weighted by atomic mass is 10.2. The molecule has 0 bridgehead atoms. The molecular weight excluding hydrogens is 374 g/mol. The van der Waals surface area contributed by atoms with Crippen LogP contribution in [0.3, 0.4) is 0 Å². The average Bonchev–Trinajstić information content (AvgIpc) is 3.44. The average molecular weight is 398 g/mol. The van der Waals surface area contributed by atoms with E-state index in [9.17, 15) is 4.79 Å². The number of anilines is 2. The highest BCUT2D eigenvalue weighted by molar-refractivity contribution is 7.99. The first-order valence-corrected chi connectivity index (χ1v) is 10.4. The Hall–Kier alpha value is -2.74. The second kappa shape index (κ2) is 8.52. The number of carbonyl (C=O) groups is 1. The van der Waals surface area contributed by atoms with Gasteiger partial charge in [-0.1, -0.05) is 30.0 Å². The summed E-state index contributed by atoms with van der Waals surface area (Å²) in [4.78, 5) is 14.7. The van der Waals surface area contributed by atoms with Gasteiger partial charge in [0.2, 0.25) is 11.9 Å². The molecule has 1 amide bonds. The fraction of sp³-hybridized carbons (Fsp3) is 0.350. The van der Waals surface area contributed by atoms with Crippen LogP contribution in [0.5, 0.6) is 0 Å². The van der Waals surface area contributed by atoms with Gasteiger partial charge in [0.25, 0.3) is 0 Å². The third-order valence-corrected chi connectivity index (χ3v) is 5.70. The number of nitrogens with one attached hydrogen (secondary N) is 1. The highest BCUT2D eigenvalue weighted by Gasteiger charge is 2.22. The lowest BCUT2D eigenvalue weighted by Crippen LogP contribution is -2.23. The summed E-state index contributed by atoms with van der Waals surface area (Å²) in [5.74, 6) is 1.89. The molecule has 2 aromatic heterocycles. The molecule has 3 heterocycles. The predicted molar refractivity (Wildman–Crippen MR) is 110 cm³/mol. The van der Waals surface area contributed by atoms with Crippen LogP contribution in [0.25, 0.3) is 0 Å². The molecule has 1 aliphatic rings. The van der Waals surface area contributed by atoms with Gasteiger partial charge >= 0.3 is 0 Å². The maximum absolute atomic E-state index is 12.4. The fourth-order valence-electron chi connectivity index (χ4n) is 3.27. The van der Waals surface area contributed by atoms with Crippen molar-refractivity contribution in [3.8, 4) is 0 Å². The SMILES string of the molecule is Cc1ccccc1NC(=O)CSc1nnc(N2CCCC2)n1Cc1ccco1. The van der Waals surface area contributed by atoms with E-state index in [2.05, 4.69) is 20.4 Å². The summed E-state index contributed by atoms with van der Waals surface area (Å²) in [6.07, 6.45) is 3.99. The number of nitrogens with zero attached hydrogens (tertiary/aromatic N) is 4. The monoisotopic (exact) mass is 397 g/mol. The smallest absolute Gasteiger partial charge is 0.234 e. The molecule has 8 heteroatoms. The number of rotatable bonds is 7. The first-order valence-electron chi connectivity index (χ1n) is 9.39. The number of furan rings is 1. The Morgan fingerprint density at radius 1 is 1.18 bits per heavy atom. The Bertz CT molecular complexity index is 932. The molecular formula is C20H23N5O2S. The lowest BCUT2D eigenvalue weighted by Gasteiger charge is -2.17. The second-order valence-corrected chi connectivity index (χ2v) is 7.74. The van der Waals surface area contributed by atoms with Crippen molar-refractivity contribution in [1.82, 2.24) is 14.8 Å². The lowest BCUT2D eigenvalue weighted by molar-refractivity contribution is -0.113. The molecule has 0 radical (unpaired) electrons. The molecule has 0 atom stereocenters. The van der Waals surface area contributed by atoms with Crippen molar-refractivity contribution in [1.29, 1.82) is 0 Å². The molecule has 3 aromatic rings. The van der Waals surface area contributed by atoms with Crippen molar-refractivity contribution >= 4 is 29.3 Å². The van der Waals surface area contributed by atoms with Crippen LogP contribution in [0, 0.1) is 6.92 Å². The minimum absolute atomic E-state index is 0.0606. The molecule has 1 aliphatic heterocycles. The maximum Gasteiger partial charge on any atom is 0.234 e. The Balaban J connectivity index is 1.47. The van der Waals surface area contributed by atoms with Crippen molar-refractivity contribution < 1.29 is 9.21 Å².